The second-order valence-corrected chi connectivity index (χ2v) is 7.35. The summed E-state index contributed by atoms with van der Waals surface area (Å²) in [7, 11) is 1.93. The van der Waals surface area contributed by atoms with Crippen LogP contribution < -0.4 is 10.2 Å². The maximum absolute atomic E-state index is 12.4. The molecule has 1 amide bonds. The Kier molecular flexibility index (Phi) is 2.90. The van der Waals surface area contributed by atoms with Crippen LogP contribution in [0.4, 0.5) is 5.69 Å². The third-order valence-corrected chi connectivity index (χ3v) is 5.67. The van der Waals surface area contributed by atoms with Gasteiger partial charge in [-0.2, -0.15) is 0 Å². The Balaban J connectivity index is 1.64. The molecule has 3 nitrogen and oxygen atoms in total. The van der Waals surface area contributed by atoms with E-state index in [0.29, 0.717) is 11.9 Å². The number of hydrogen-bond donors (Lipinski definition) is 1. The summed E-state index contributed by atoms with van der Waals surface area (Å²) in [4.78, 5) is 14.3. The molecule has 21 heavy (non-hydrogen) atoms. The van der Waals surface area contributed by atoms with E-state index in [1.165, 1.54) is 24.0 Å². The predicted octanol–water partition coefficient (Wildman–Crippen LogP) is 3.05. The number of carbonyl (C=O) groups is 1. The number of fused-ring (bicyclic) bond motifs is 1. The lowest BCUT2D eigenvalue weighted by Crippen LogP contribution is -2.40. The fraction of sp³-hybridized carbons (Fsp3) is 0.611. The van der Waals surface area contributed by atoms with Crippen molar-refractivity contribution in [1.29, 1.82) is 0 Å². The molecule has 1 N–H and O–H groups in total. The number of nitrogens with one attached hydrogen (secondary N) is 1. The topological polar surface area (TPSA) is 32.3 Å². The van der Waals surface area contributed by atoms with Gasteiger partial charge in [0.2, 0.25) is 5.91 Å². The van der Waals surface area contributed by atoms with E-state index < -0.39 is 0 Å². The van der Waals surface area contributed by atoms with Gasteiger partial charge >= 0.3 is 0 Å². The van der Waals surface area contributed by atoms with Crippen molar-refractivity contribution in [2.24, 2.45) is 11.3 Å². The molecular weight excluding hydrogens is 260 g/mol. The Hall–Kier alpha value is -1.35. The van der Waals surface area contributed by atoms with Crippen LogP contribution in [0.15, 0.2) is 18.2 Å². The van der Waals surface area contributed by atoms with Gasteiger partial charge in [-0.1, -0.05) is 19.1 Å². The zero-order chi connectivity index (χ0) is 14.6. The van der Waals surface area contributed by atoms with Crippen molar-refractivity contribution in [3.8, 4) is 0 Å². The number of piperidine rings is 1. The first-order valence-corrected chi connectivity index (χ1v) is 8.23. The van der Waals surface area contributed by atoms with E-state index >= 15 is 0 Å². The van der Waals surface area contributed by atoms with Gasteiger partial charge < -0.3 is 10.2 Å². The van der Waals surface area contributed by atoms with E-state index in [-0.39, 0.29) is 5.41 Å². The molecule has 2 heterocycles. The molecule has 1 saturated heterocycles. The van der Waals surface area contributed by atoms with Gasteiger partial charge in [-0.25, -0.2) is 0 Å². The molecule has 2 atom stereocenters. The van der Waals surface area contributed by atoms with Gasteiger partial charge in [0.1, 0.15) is 0 Å². The molecule has 1 spiro atoms. The van der Waals surface area contributed by atoms with Crippen LogP contribution in [0, 0.1) is 11.3 Å². The molecule has 1 aromatic rings. The van der Waals surface area contributed by atoms with Crippen LogP contribution in [-0.2, 0) is 11.2 Å². The number of amides is 1. The fourth-order valence-corrected chi connectivity index (χ4v) is 4.02. The smallest absolute Gasteiger partial charge is 0.233 e. The SMILES string of the molecule is C[C@H]1CCC(c2ccc3c(c2)CC2(CC2)C(=O)N3C)NC1. The van der Waals surface area contributed by atoms with Crippen LogP contribution in [0.5, 0.6) is 0 Å². The summed E-state index contributed by atoms with van der Waals surface area (Å²) in [6.45, 7) is 3.43. The van der Waals surface area contributed by atoms with Crippen molar-refractivity contribution >= 4 is 11.6 Å². The van der Waals surface area contributed by atoms with Gasteiger partial charge in [-0.05, 0) is 61.8 Å². The van der Waals surface area contributed by atoms with Crippen molar-refractivity contribution in [3.05, 3.63) is 29.3 Å². The highest BCUT2D eigenvalue weighted by molar-refractivity contribution is 6.01. The minimum absolute atomic E-state index is 0.0467. The summed E-state index contributed by atoms with van der Waals surface area (Å²) in [5.74, 6) is 1.12. The third-order valence-electron chi connectivity index (χ3n) is 5.67. The number of anilines is 1. The first-order valence-electron chi connectivity index (χ1n) is 8.23. The lowest BCUT2D eigenvalue weighted by molar-refractivity contribution is -0.123. The maximum Gasteiger partial charge on any atom is 0.233 e. The molecule has 1 saturated carbocycles. The lowest BCUT2D eigenvalue weighted by atomic mass is 9.86. The van der Waals surface area contributed by atoms with Crippen LogP contribution in [0.2, 0.25) is 0 Å². The van der Waals surface area contributed by atoms with Crippen LogP contribution in [0.3, 0.4) is 0 Å². The lowest BCUT2D eigenvalue weighted by Gasteiger charge is -2.33. The molecule has 2 fully saturated rings. The third kappa shape index (κ3) is 2.10. The minimum Gasteiger partial charge on any atom is -0.315 e. The normalized spacial score (nSPS) is 30.4. The first kappa shape index (κ1) is 13.3. The molecule has 112 valence electrons. The Labute approximate surface area is 126 Å². The van der Waals surface area contributed by atoms with E-state index in [0.717, 1.165) is 37.4 Å². The van der Waals surface area contributed by atoms with E-state index in [1.807, 2.05) is 11.9 Å². The predicted molar refractivity (Wildman–Crippen MR) is 84.4 cm³/mol. The van der Waals surface area contributed by atoms with Gasteiger partial charge in [0.25, 0.3) is 0 Å². The van der Waals surface area contributed by atoms with Crippen LogP contribution in [0.1, 0.15) is 49.8 Å². The highest BCUT2D eigenvalue weighted by Gasteiger charge is 2.53. The molecule has 2 aliphatic heterocycles. The van der Waals surface area contributed by atoms with Crippen molar-refractivity contribution in [1.82, 2.24) is 5.32 Å². The van der Waals surface area contributed by atoms with E-state index in [2.05, 4.69) is 30.4 Å². The highest BCUT2D eigenvalue weighted by atomic mass is 16.2. The van der Waals surface area contributed by atoms with E-state index in [4.69, 9.17) is 0 Å². The molecule has 1 aromatic carbocycles. The number of carbonyl (C=O) groups excluding carboxylic acids is 1. The zero-order valence-electron chi connectivity index (χ0n) is 13.0. The van der Waals surface area contributed by atoms with E-state index in [9.17, 15) is 4.79 Å². The summed E-state index contributed by atoms with van der Waals surface area (Å²) in [6.07, 6.45) is 5.61. The summed E-state index contributed by atoms with van der Waals surface area (Å²) >= 11 is 0. The van der Waals surface area contributed by atoms with Crippen molar-refractivity contribution in [3.63, 3.8) is 0 Å². The average molecular weight is 284 g/mol. The Morgan fingerprint density at radius 2 is 2.10 bits per heavy atom. The number of nitrogens with zero attached hydrogens (tertiary/aromatic N) is 1. The summed E-state index contributed by atoms with van der Waals surface area (Å²) < 4.78 is 0. The molecule has 0 aromatic heterocycles. The second-order valence-electron chi connectivity index (χ2n) is 7.35. The van der Waals surface area contributed by atoms with Gasteiger partial charge in [-0.3, -0.25) is 4.79 Å². The van der Waals surface area contributed by atoms with E-state index in [1.54, 1.807) is 0 Å². The second kappa shape index (κ2) is 4.57. The van der Waals surface area contributed by atoms with Gasteiger partial charge in [-0.15, -0.1) is 0 Å². The number of rotatable bonds is 1. The maximum atomic E-state index is 12.4. The quantitative estimate of drug-likeness (QED) is 0.859. The molecule has 3 aliphatic rings. The molecular formula is C18H24N2O. The Bertz CT molecular complexity index is 583. The zero-order valence-corrected chi connectivity index (χ0v) is 13.0. The van der Waals surface area contributed by atoms with Gasteiger partial charge in [0, 0.05) is 18.8 Å². The number of hydrogen-bond acceptors (Lipinski definition) is 2. The molecule has 0 radical (unpaired) electrons. The standard InChI is InChI=1S/C18H24N2O/c1-12-3-5-15(19-11-12)13-4-6-16-14(9-13)10-18(7-8-18)17(21)20(16)2/h4,6,9,12,15,19H,3,5,7-8,10-11H2,1-2H3/t12-,15?/m0/s1. The van der Waals surface area contributed by atoms with Crippen LogP contribution >= 0.6 is 0 Å². The van der Waals surface area contributed by atoms with Crippen molar-refractivity contribution in [2.45, 2.75) is 45.1 Å². The van der Waals surface area contributed by atoms with Gasteiger partial charge in [0.05, 0.1) is 5.41 Å². The monoisotopic (exact) mass is 284 g/mol. The fourth-order valence-electron chi connectivity index (χ4n) is 4.02. The highest BCUT2D eigenvalue weighted by Crippen LogP contribution is 2.54. The number of benzene rings is 1. The Morgan fingerprint density at radius 3 is 2.76 bits per heavy atom. The average Bonchev–Trinajstić information content (AvgIpc) is 3.26. The minimum atomic E-state index is -0.0467. The first-order chi connectivity index (χ1) is 10.1. The molecule has 1 unspecified atom stereocenters. The summed E-state index contributed by atoms with van der Waals surface area (Å²) in [6, 6.07) is 7.20. The van der Waals surface area contributed by atoms with Gasteiger partial charge in [0.15, 0.2) is 0 Å². The van der Waals surface area contributed by atoms with Crippen LogP contribution in [-0.4, -0.2) is 19.5 Å². The molecule has 4 rings (SSSR count). The van der Waals surface area contributed by atoms with Crippen molar-refractivity contribution < 1.29 is 4.79 Å². The van der Waals surface area contributed by atoms with Crippen LogP contribution in [0.25, 0.3) is 0 Å². The molecule has 3 heteroatoms. The Morgan fingerprint density at radius 1 is 1.29 bits per heavy atom. The summed E-state index contributed by atoms with van der Waals surface area (Å²) in [5.41, 5.74) is 3.84. The molecule has 0 bridgehead atoms. The van der Waals surface area contributed by atoms with Crippen molar-refractivity contribution in [2.75, 3.05) is 18.5 Å². The largest absolute Gasteiger partial charge is 0.315 e. The molecule has 1 aliphatic carbocycles. The summed E-state index contributed by atoms with van der Waals surface area (Å²) in [5, 5.41) is 3.67.